The molecule has 2 atom stereocenters. The number of pyridine rings is 1. The Balaban J connectivity index is 1.58. The molecule has 0 saturated carbocycles. The van der Waals surface area contributed by atoms with Crippen molar-refractivity contribution in [3.8, 4) is 17.1 Å². The van der Waals surface area contributed by atoms with Crippen molar-refractivity contribution >= 4 is 28.7 Å². The van der Waals surface area contributed by atoms with Gasteiger partial charge in [0.2, 0.25) is 0 Å². The molecule has 0 spiro atoms. The summed E-state index contributed by atoms with van der Waals surface area (Å²) in [4.78, 5) is 17.7. The van der Waals surface area contributed by atoms with Crippen LogP contribution in [-0.2, 0) is 0 Å². The predicted octanol–water partition coefficient (Wildman–Crippen LogP) is 5.83. The summed E-state index contributed by atoms with van der Waals surface area (Å²) >= 11 is 5.74. The van der Waals surface area contributed by atoms with Crippen LogP contribution < -0.4 is 15.0 Å². The number of nitro groups is 1. The maximum absolute atomic E-state index is 11.6. The first-order valence-corrected chi connectivity index (χ1v) is 11.5. The molecule has 35 heavy (non-hydrogen) atoms. The Labute approximate surface area is 207 Å². The summed E-state index contributed by atoms with van der Waals surface area (Å²) in [6.45, 7) is 2.51. The maximum Gasteiger partial charge on any atom is 0.280 e. The van der Waals surface area contributed by atoms with E-state index < -0.39 is 4.92 Å². The van der Waals surface area contributed by atoms with Crippen LogP contribution in [0.3, 0.4) is 0 Å². The first-order valence-electron chi connectivity index (χ1n) is 11.1. The highest BCUT2D eigenvalue weighted by Crippen LogP contribution is 2.43. The lowest BCUT2D eigenvalue weighted by Gasteiger charge is -2.26. The van der Waals surface area contributed by atoms with Gasteiger partial charge < -0.3 is 19.4 Å². The first-order chi connectivity index (χ1) is 17.1. The van der Waals surface area contributed by atoms with Gasteiger partial charge in [0.15, 0.2) is 5.11 Å². The normalized spacial score (nSPS) is 17.3. The number of furan rings is 1. The molecule has 0 bridgehead atoms. The number of hydrogen-bond acceptors (Lipinski definition) is 6. The zero-order valence-corrected chi connectivity index (χ0v) is 19.6. The minimum Gasteiger partial charge on any atom is -0.494 e. The lowest BCUT2D eigenvalue weighted by atomic mass is 10.0. The summed E-state index contributed by atoms with van der Waals surface area (Å²) < 4.78 is 11.8. The summed E-state index contributed by atoms with van der Waals surface area (Å²) in [5.41, 5.74) is 2.06. The van der Waals surface area contributed by atoms with Gasteiger partial charge in [-0.15, -0.1) is 0 Å². The molecule has 8 nitrogen and oxygen atoms in total. The van der Waals surface area contributed by atoms with Gasteiger partial charge in [0.05, 0.1) is 28.8 Å². The second-order valence-electron chi connectivity index (χ2n) is 7.90. The van der Waals surface area contributed by atoms with Crippen LogP contribution in [0.2, 0.25) is 0 Å². The standard InChI is InChI=1S/C26H22N4O4S/c1-2-33-18-12-10-17(11-13-18)29-25(24(28-26(29)35)20-8-5-6-16-27-20)23-15-14-22(34-23)19-7-3-4-9-21(19)30(31)32/h3-16,24-25H,2H2,1H3,(H,28,35). The first kappa shape index (κ1) is 22.5. The van der Waals surface area contributed by atoms with Crippen molar-refractivity contribution < 1.29 is 14.1 Å². The van der Waals surface area contributed by atoms with Crippen molar-refractivity contribution in [3.05, 3.63) is 107 Å². The van der Waals surface area contributed by atoms with E-state index in [1.165, 1.54) is 6.07 Å². The summed E-state index contributed by atoms with van der Waals surface area (Å²) in [5, 5.41) is 15.5. The number of thiocarbonyl (C=S) groups is 1. The SMILES string of the molecule is CCOc1ccc(N2C(=S)NC(c3ccccn3)C2c2ccc(-c3ccccc3[N+](=O)[O-])o2)cc1. The lowest BCUT2D eigenvalue weighted by Crippen LogP contribution is -2.29. The van der Waals surface area contributed by atoms with Crippen LogP contribution in [0.15, 0.2) is 89.5 Å². The van der Waals surface area contributed by atoms with Crippen molar-refractivity contribution in [1.82, 2.24) is 10.3 Å². The van der Waals surface area contributed by atoms with Crippen LogP contribution in [0.4, 0.5) is 11.4 Å². The minimum atomic E-state index is -0.410. The van der Waals surface area contributed by atoms with E-state index in [9.17, 15) is 10.1 Å². The Kier molecular flexibility index (Phi) is 6.15. The summed E-state index contributed by atoms with van der Waals surface area (Å²) in [7, 11) is 0. The second kappa shape index (κ2) is 9.55. The molecule has 9 heteroatoms. The molecule has 5 rings (SSSR count). The van der Waals surface area contributed by atoms with Gasteiger partial charge in [-0.3, -0.25) is 15.1 Å². The Bertz CT molecular complexity index is 1360. The highest BCUT2D eigenvalue weighted by atomic mass is 32.1. The van der Waals surface area contributed by atoms with Crippen LogP contribution >= 0.6 is 12.2 Å². The molecule has 1 aliphatic heterocycles. The third-order valence-corrected chi connectivity index (χ3v) is 6.12. The number of benzene rings is 2. The van der Waals surface area contributed by atoms with Gasteiger partial charge in [-0.1, -0.05) is 18.2 Å². The molecule has 0 radical (unpaired) electrons. The molecule has 1 saturated heterocycles. The van der Waals surface area contributed by atoms with E-state index in [0.717, 1.165) is 17.1 Å². The number of aromatic nitrogens is 1. The third-order valence-electron chi connectivity index (χ3n) is 5.81. The summed E-state index contributed by atoms with van der Waals surface area (Å²) in [6.07, 6.45) is 1.73. The van der Waals surface area contributed by atoms with Gasteiger partial charge in [-0.05, 0) is 73.7 Å². The highest BCUT2D eigenvalue weighted by molar-refractivity contribution is 7.80. The Hall–Kier alpha value is -4.24. The van der Waals surface area contributed by atoms with Crippen molar-refractivity contribution in [3.63, 3.8) is 0 Å². The Morgan fingerprint density at radius 1 is 1.09 bits per heavy atom. The van der Waals surface area contributed by atoms with Gasteiger partial charge in [-0.25, -0.2) is 0 Å². The van der Waals surface area contributed by atoms with E-state index in [-0.39, 0.29) is 17.8 Å². The molecule has 1 fully saturated rings. The topological polar surface area (TPSA) is 93.7 Å². The largest absolute Gasteiger partial charge is 0.494 e. The third kappa shape index (κ3) is 4.33. The number of nitrogens with zero attached hydrogens (tertiary/aromatic N) is 3. The van der Waals surface area contributed by atoms with E-state index >= 15 is 0 Å². The Morgan fingerprint density at radius 3 is 2.57 bits per heavy atom. The molecule has 176 valence electrons. The molecule has 0 amide bonds. The van der Waals surface area contributed by atoms with Crippen LogP contribution in [0, 0.1) is 10.1 Å². The average Bonchev–Trinajstić information content (AvgIpc) is 3.50. The van der Waals surface area contributed by atoms with Crippen LogP contribution in [0.1, 0.15) is 30.5 Å². The molecule has 0 aliphatic carbocycles. The number of anilines is 1. The quantitative estimate of drug-likeness (QED) is 0.198. The lowest BCUT2D eigenvalue weighted by molar-refractivity contribution is -0.384. The number of nitro benzene ring substituents is 1. The highest BCUT2D eigenvalue weighted by Gasteiger charge is 2.42. The van der Waals surface area contributed by atoms with Crippen molar-refractivity contribution in [2.24, 2.45) is 0 Å². The fraction of sp³-hybridized carbons (Fsp3) is 0.154. The molecule has 1 aliphatic rings. The number of nitrogens with one attached hydrogen (secondary N) is 1. The number of hydrogen-bond donors (Lipinski definition) is 1. The number of para-hydroxylation sites is 1. The second-order valence-corrected chi connectivity index (χ2v) is 8.29. The van der Waals surface area contributed by atoms with Crippen molar-refractivity contribution in [2.75, 3.05) is 11.5 Å². The van der Waals surface area contributed by atoms with E-state index in [1.807, 2.05) is 60.4 Å². The Morgan fingerprint density at radius 2 is 1.86 bits per heavy atom. The number of ether oxygens (including phenoxy) is 1. The molecule has 1 N–H and O–H groups in total. The molecular weight excluding hydrogens is 464 g/mol. The molecule has 2 aromatic carbocycles. The van der Waals surface area contributed by atoms with Crippen LogP contribution in [0.5, 0.6) is 5.75 Å². The zero-order valence-electron chi connectivity index (χ0n) is 18.8. The van der Waals surface area contributed by atoms with Gasteiger partial charge >= 0.3 is 0 Å². The smallest absolute Gasteiger partial charge is 0.280 e. The van der Waals surface area contributed by atoms with Gasteiger partial charge in [0, 0.05) is 18.0 Å². The molecule has 4 aromatic rings. The van der Waals surface area contributed by atoms with Gasteiger partial charge in [0.1, 0.15) is 23.3 Å². The maximum atomic E-state index is 11.6. The summed E-state index contributed by atoms with van der Waals surface area (Å²) in [6, 6.07) is 22.8. The number of rotatable bonds is 7. The minimum absolute atomic E-state index is 0.0156. The molecule has 2 unspecified atom stereocenters. The zero-order chi connectivity index (χ0) is 24.4. The summed E-state index contributed by atoms with van der Waals surface area (Å²) in [5.74, 6) is 1.79. The molecular formula is C26H22N4O4S. The van der Waals surface area contributed by atoms with Crippen LogP contribution in [-0.4, -0.2) is 21.6 Å². The monoisotopic (exact) mass is 486 g/mol. The van der Waals surface area contributed by atoms with Gasteiger partial charge in [0.25, 0.3) is 5.69 Å². The average molecular weight is 487 g/mol. The van der Waals surface area contributed by atoms with Crippen LogP contribution in [0.25, 0.3) is 11.3 Å². The van der Waals surface area contributed by atoms with E-state index in [4.69, 9.17) is 21.4 Å². The van der Waals surface area contributed by atoms with Crippen molar-refractivity contribution in [2.45, 2.75) is 19.0 Å². The van der Waals surface area contributed by atoms with Gasteiger partial charge in [-0.2, -0.15) is 0 Å². The fourth-order valence-corrected chi connectivity index (χ4v) is 4.64. The van der Waals surface area contributed by atoms with E-state index in [2.05, 4.69) is 10.3 Å². The van der Waals surface area contributed by atoms with E-state index in [1.54, 1.807) is 30.5 Å². The van der Waals surface area contributed by atoms with Crippen molar-refractivity contribution in [1.29, 1.82) is 0 Å². The van der Waals surface area contributed by atoms with E-state index in [0.29, 0.717) is 28.8 Å². The predicted molar refractivity (Wildman–Crippen MR) is 136 cm³/mol. The molecule has 3 heterocycles. The fourth-order valence-electron chi connectivity index (χ4n) is 4.29. The molecule has 2 aromatic heterocycles.